The van der Waals surface area contributed by atoms with Gasteiger partial charge in [-0.15, -0.1) is 0 Å². The van der Waals surface area contributed by atoms with E-state index in [0.29, 0.717) is 21.4 Å². The van der Waals surface area contributed by atoms with Crippen LogP contribution in [0.5, 0.6) is 0 Å². The molecule has 1 rings (SSSR count). The molecule has 1 aromatic heterocycles. The van der Waals surface area contributed by atoms with E-state index in [4.69, 9.17) is 23.2 Å². The maximum Gasteiger partial charge on any atom is 0.163 e. The van der Waals surface area contributed by atoms with E-state index in [2.05, 4.69) is 5.10 Å². The number of hydrogen-bond donors (Lipinski definition) is 1. The molecule has 1 aromatic rings. The molecule has 0 saturated heterocycles. The number of thioether (sulfide) groups is 1. The Morgan fingerprint density at radius 3 is 2.77 bits per heavy atom. The Morgan fingerprint density at radius 1 is 1.77 bits per heavy atom. The monoisotopic (exact) mass is 212 g/mol. The van der Waals surface area contributed by atoms with Gasteiger partial charge in [0.15, 0.2) is 4.32 Å². The quantitative estimate of drug-likeness (QED) is 0.653. The lowest BCUT2D eigenvalue weighted by molar-refractivity contribution is 0.946. The molecule has 0 aromatic carbocycles. The van der Waals surface area contributed by atoms with E-state index < -0.39 is 0 Å². The second-order valence-corrected chi connectivity index (χ2v) is 3.78. The Kier molecular flexibility index (Phi) is 2.90. The number of rotatable bonds is 0. The summed E-state index contributed by atoms with van der Waals surface area (Å²) in [5, 5.41) is 12.8. The van der Waals surface area contributed by atoms with Crippen molar-refractivity contribution >= 4 is 34.1 Å². The number of thiocarbonyl (C=S) groups is 1. The molecule has 0 unspecified atom stereocenters. The minimum Gasteiger partial charge on any atom is -0.382 e. The average Bonchev–Trinajstić information content (AvgIpc) is 2.40. The van der Waals surface area contributed by atoms with E-state index in [1.54, 1.807) is 6.92 Å². The molecule has 0 amide bonds. The summed E-state index contributed by atoms with van der Waals surface area (Å²) in [6, 6.07) is 1.99. The predicted molar refractivity (Wildman–Crippen MR) is 57.6 cm³/mol. The van der Waals surface area contributed by atoms with E-state index >= 15 is 0 Å². The molecule has 13 heavy (non-hydrogen) atoms. The van der Waals surface area contributed by atoms with Crippen LogP contribution in [0.25, 0.3) is 0 Å². The van der Waals surface area contributed by atoms with Gasteiger partial charge in [-0.05, 0) is 13.2 Å². The highest BCUT2D eigenvalue weighted by molar-refractivity contribution is 8.22. The van der Waals surface area contributed by atoms with Crippen molar-refractivity contribution < 1.29 is 0 Å². The topological polar surface area (TPSA) is 67.6 Å². The molecule has 6 heteroatoms. The van der Waals surface area contributed by atoms with Crippen molar-refractivity contribution in [2.24, 2.45) is 0 Å². The van der Waals surface area contributed by atoms with Gasteiger partial charge >= 0.3 is 0 Å². The molecular formula is C7H8N4S2. The number of hydrogen-bond acceptors (Lipinski definition) is 5. The summed E-state index contributed by atoms with van der Waals surface area (Å²) in [4.78, 5) is 0. The zero-order valence-electron chi connectivity index (χ0n) is 7.24. The van der Waals surface area contributed by atoms with Crippen LogP contribution >= 0.6 is 24.0 Å². The average molecular weight is 212 g/mol. The van der Waals surface area contributed by atoms with Crippen LogP contribution in [0, 0.1) is 18.3 Å². The number of aromatic nitrogens is 2. The molecule has 2 N–H and O–H groups in total. The van der Waals surface area contributed by atoms with Crippen LogP contribution in [0.4, 0.5) is 5.82 Å². The van der Waals surface area contributed by atoms with Gasteiger partial charge in [0.25, 0.3) is 0 Å². The van der Waals surface area contributed by atoms with E-state index in [1.807, 2.05) is 12.3 Å². The number of nitrogens with zero attached hydrogens (tertiary/aromatic N) is 3. The molecule has 4 nitrogen and oxygen atoms in total. The first kappa shape index (κ1) is 10.0. The smallest absolute Gasteiger partial charge is 0.163 e. The van der Waals surface area contributed by atoms with Crippen molar-refractivity contribution in [2.45, 2.75) is 6.92 Å². The first-order valence-corrected chi connectivity index (χ1v) is 5.08. The van der Waals surface area contributed by atoms with Crippen LogP contribution in [-0.2, 0) is 0 Å². The van der Waals surface area contributed by atoms with Crippen LogP contribution in [0.1, 0.15) is 11.3 Å². The molecule has 68 valence electrons. The number of nitrogen functional groups attached to an aromatic ring is 1. The number of anilines is 1. The predicted octanol–water partition coefficient (Wildman–Crippen LogP) is 1.14. The zero-order chi connectivity index (χ0) is 10.0. The Morgan fingerprint density at radius 2 is 2.38 bits per heavy atom. The van der Waals surface area contributed by atoms with Crippen LogP contribution in [0.2, 0.25) is 0 Å². The normalized spacial score (nSPS) is 9.62. The maximum atomic E-state index is 8.73. The fourth-order valence-corrected chi connectivity index (χ4v) is 1.36. The van der Waals surface area contributed by atoms with Crippen molar-refractivity contribution in [3.05, 3.63) is 11.3 Å². The van der Waals surface area contributed by atoms with Gasteiger partial charge in [0.05, 0.1) is 5.69 Å². The second kappa shape index (κ2) is 3.77. The van der Waals surface area contributed by atoms with Crippen LogP contribution in [-0.4, -0.2) is 20.4 Å². The van der Waals surface area contributed by atoms with E-state index in [0.717, 1.165) is 0 Å². The zero-order valence-corrected chi connectivity index (χ0v) is 8.87. The lowest BCUT2D eigenvalue weighted by Gasteiger charge is -2.00. The van der Waals surface area contributed by atoms with Crippen LogP contribution < -0.4 is 5.73 Å². The van der Waals surface area contributed by atoms with Crippen molar-refractivity contribution in [1.82, 2.24) is 9.78 Å². The molecule has 0 aliphatic carbocycles. The summed E-state index contributed by atoms with van der Waals surface area (Å²) in [5.74, 6) is 0.319. The number of aryl methyl sites for hydroxylation is 1. The van der Waals surface area contributed by atoms with E-state index in [-0.39, 0.29) is 0 Å². The summed E-state index contributed by atoms with van der Waals surface area (Å²) < 4.78 is 1.95. The van der Waals surface area contributed by atoms with E-state index in [9.17, 15) is 0 Å². The Bertz CT molecular complexity index is 388. The van der Waals surface area contributed by atoms with Gasteiger partial charge in [0.2, 0.25) is 0 Å². The molecule has 0 aliphatic heterocycles. The first-order chi connectivity index (χ1) is 6.11. The van der Waals surface area contributed by atoms with Gasteiger partial charge in [-0.1, -0.05) is 24.0 Å². The highest BCUT2D eigenvalue weighted by Crippen LogP contribution is 2.17. The lowest BCUT2D eigenvalue weighted by atomic mass is 10.3. The summed E-state index contributed by atoms with van der Waals surface area (Å²) in [5.41, 5.74) is 6.68. The summed E-state index contributed by atoms with van der Waals surface area (Å²) in [7, 11) is 0. The number of nitrogens with two attached hydrogens (primary N) is 1. The SMILES string of the molecule is CSC(=S)n1nc(C)c(C#N)c1N. The molecular weight excluding hydrogens is 204 g/mol. The van der Waals surface area contributed by atoms with Crippen molar-refractivity contribution in [2.75, 3.05) is 12.0 Å². The summed E-state index contributed by atoms with van der Waals surface area (Å²) >= 11 is 6.37. The molecule has 0 saturated carbocycles. The van der Waals surface area contributed by atoms with Crippen molar-refractivity contribution in [1.29, 1.82) is 5.26 Å². The standard InChI is InChI=1S/C7H8N4S2/c1-4-5(3-8)6(9)11(10-4)7(12)13-2/h9H2,1-2H3. The van der Waals surface area contributed by atoms with Crippen LogP contribution in [0.3, 0.4) is 0 Å². The Hall–Kier alpha value is -1.06. The third kappa shape index (κ3) is 1.66. The van der Waals surface area contributed by atoms with Gasteiger partial charge in [0, 0.05) is 0 Å². The number of nitriles is 1. The highest BCUT2D eigenvalue weighted by atomic mass is 32.2. The lowest BCUT2D eigenvalue weighted by Crippen LogP contribution is -2.10. The molecule has 0 atom stereocenters. The van der Waals surface area contributed by atoms with Gasteiger partial charge in [0.1, 0.15) is 17.5 Å². The molecule has 0 bridgehead atoms. The molecule has 0 spiro atoms. The van der Waals surface area contributed by atoms with Gasteiger partial charge in [-0.3, -0.25) is 0 Å². The highest BCUT2D eigenvalue weighted by Gasteiger charge is 2.13. The fourth-order valence-electron chi connectivity index (χ4n) is 0.909. The first-order valence-electron chi connectivity index (χ1n) is 3.45. The summed E-state index contributed by atoms with van der Waals surface area (Å²) in [6.07, 6.45) is 1.84. The van der Waals surface area contributed by atoms with Gasteiger partial charge < -0.3 is 5.73 Å². The largest absolute Gasteiger partial charge is 0.382 e. The third-order valence-corrected chi connectivity index (χ3v) is 2.75. The molecule has 0 aliphatic rings. The van der Waals surface area contributed by atoms with Crippen LogP contribution in [0.15, 0.2) is 0 Å². The minimum absolute atomic E-state index is 0.319. The van der Waals surface area contributed by atoms with Gasteiger partial charge in [-0.25, -0.2) is 0 Å². The Balaban J connectivity index is 3.28. The minimum atomic E-state index is 0.319. The second-order valence-electron chi connectivity index (χ2n) is 2.34. The van der Waals surface area contributed by atoms with Crippen molar-refractivity contribution in [3.8, 4) is 6.07 Å². The Labute approximate surface area is 85.7 Å². The maximum absolute atomic E-state index is 8.73. The third-order valence-electron chi connectivity index (χ3n) is 1.56. The molecule has 1 heterocycles. The van der Waals surface area contributed by atoms with Gasteiger partial charge in [-0.2, -0.15) is 15.0 Å². The molecule has 0 radical (unpaired) electrons. The van der Waals surface area contributed by atoms with E-state index in [1.165, 1.54) is 16.4 Å². The summed E-state index contributed by atoms with van der Waals surface area (Å²) in [6.45, 7) is 1.73. The van der Waals surface area contributed by atoms with Crippen molar-refractivity contribution in [3.63, 3.8) is 0 Å². The fraction of sp³-hybridized carbons (Fsp3) is 0.286. The molecule has 0 fully saturated rings.